The molecule has 1 fully saturated rings. The second-order valence-electron chi connectivity index (χ2n) is 6.59. The number of aryl methyl sites for hydroxylation is 1. The summed E-state index contributed by atoms with van der Waals surface area (Å²) in [4.78, 5) is 49.7. The van der Waals surface area contributed by atoms with Crippen molar-refractivity contribution in [2.24, 2.45) is 5.92 Å². The molecule has 2 aromatic rings. The van der Waals surface area contributed by atoms with Crippen LogP contribution in [0.5, 0.6) is 0 Å². The van der Waals surface area contributed by atoms with E-state index < -0.39 is 30.3 Å². The minimum absolute atomic E-state index is 0.0251. The molecule has 0 aromatic heterocycles. The molecule has 144 valence electrons. The maximum atomic E-state index is 12.2. The van der Waals surface area contributed by atoms with Crippen molar-refractivity contribution in [1.82, 2.24) is 5.32 Å². The van der Waals surface area contributed by atoms with E-state index in [1.807, 2.05) is 31.2 Å². The van der Waals surface area contributed by atoms with E-state index in [9.17, 15) is 19.2 Å². The van der Waals surface area contributed by atoms with Gasteiger partial charge >= 0.3 is 5.97 Å². The summed E-state index contributed by atoms with van der Waals surface area (Å²) >= 11 is 0. The quantitative estimate of drug-likeness (QED) is 0.799. The first-order valence-corrected chi connectivity index (χ1v) is 8.87. The van der Waals surface area contributed by atoms with Gasteiger partial charge in [0.1, 0.15) is 0 Å². The highest BCUT2D eigenvalue weighted by Gasteiger charge is 2.36. The van der Waals surface area contributed by atoms with E-state index in [1.54, 1.807) is 30.3 Å². The molecule has 0 spiro atoms. The Kier molecular flexibility index (Phi) is 5.84. The SMILES string of the molecule is Cc1ccc(N2CC(C(=O)OCC(=O)NC(=O)c3ccccc3)CC2=O)cc1. The van der Waals surface area contributed by atoms with E-state index in [2.05, 4.69) is 5.32 Å². The van der Waals surface area contributed by atoms with E-state index in [-0.39, 0.29) is 18.9 Å². The van der Waals surface area contributed by atoms with Crippen molar-refractivity contribution in [2.75, 3.05) is 18.1 Å². The van der Waals surface area contributed by atoms with Gasteiger partial charge in [-0.3, -0.25) is 24.5 Å². The summed E-state index contributed by atoms with van der Waals surface area (Å²) in [6, 6.07) is 15.7. The second kappa shape index (κ2) is 8.47. The van der Waals surface area contributed by atoms with Crippen LogP contribution in [0.2, 0.25) is 0 Å². The Morgan fingerprint density at radius 2 is 1.75 bits per heavy atom. The molecule has 1 aliphatic heterocycles. The fraction of sp³-hybridized carbons (Fsp3) is 0.238. The van der Waals surface area contributed by atoms with E-state index >= 15 is 0 Å². The Morgan fingerprint density at radius 3 is 2.43 bits per heavy atom. The summed E-state index contributed by atoms with van der Waals surface area (Å²) in [6.45, 7) is 1.57. The number of esters is 1. The van der Waals surface area contributed by atoms with Gasteiger partial charge in [-0.15, -0.1) is 0 Å². The summed E-state index contributed by atoms with van der Waals surface area (Å²) in [5, 5.41) is 2.16. The second-order valence-corrected chi connectivity index (χ2v) is 6.59. The van der Waals surface area contributed by atoms with Crippen molar-refractivity contribution in [3.05, 3.63) is 65.7 Å². The van der Waals surface area contributed by atoms with Gasteiger partial charge in [-0.2, -0.15) is 0 Å². The molecule has 0 saturated carbocycles. The Bertz CT molecular complexity index is 893. The number of nitrogens with zero attached hydrogens (tertiary/aromatic N) is 1. The van der Waals surface area contributed by atoms with Crippen molar-refractivity contribution in [1.29, 1.82) is 0 Å². The molecular formula is C21H20N2O5. The first-order valence-electron chi connectivity index (χ1n) is 8.87. The van der Waals surface area contributed by atoms with Gasteiger partial charge in [0.05, 0.1) is 5.92 Å². The van der Waals surface area contributed by atoms with Gasteiger partial charge in [-0.1, -0.05) is 35.9 Å². The van der Waals surface area contributed by atoms with Gasteiger partial charge in [-0.25, -0.2) is 0 Å². The van der Waals surface area contributed by atoms with E-state index in [1.165, 1.54) is 4.90 Å². The molecule has 28 heavy (non-hydrogen) atoms. The summed E-state index contributed by atoms with van der Waals surface area (Å²) in [7, 11) is 0. The predicted molar refractivity (Wildman–Crippen MR) is 102 cm³/mol. The number of rotatable bonds is 5. The molecule has 7 heteroatoms. The third-order valence-electron chi connectivity index (χ3n) is 4.44. The Hall–Kier alpha value is -3.48. The van der Waals surface area contributed by atoms with Gasteiger partial charge in [0.2, 0.25) is 5.91 Å². The monoisotopic (exact) mass is 380 g/mol. The van der Waals surface area contributed by atoms with E-state index in [0.29, 0.717) is 5.56 Å². The van der Waals surface area contributed by atoms with Gasteiger partial charge in [0, 0.05) is 24.2 Å². The zero-order valence-electron chi connectivity index (χ0n) is 15.4. The highest BCUT2D eigenvalue weighted by molar-refractivity contribution is 6.05. The summed E-state index contributed by atoms with van der Waals surface area (Å²) in [6.07, 6.45) is 0.0251. The molecule has 3 amide bonds. The van der Waals surface area contributed by atoms with Crippen LogP contribution in [0.4, 0.5) is 5.69 Å². The van der Waals surface area contributed by atoms with E-state index in [0.717, 1.165) is 11.3 Å². The largest absolute Gasteiger partial charge is 0.455 e. The lowest BCUT2D eigenvalue weighted by molar-refractivity contribution is -0.152. The standard InChI is InChI=1S/C21H20N2O5/c1-14-7-9-17(10-8-14)23-12-16(11-19(23)25)21(27)28-13-18(24)22-20(26)15-5-3-2-4-6-15/h2-10,16H,11-13H2,1H3,(H,22,24,26). The minimum Gasteiger partial charge on any atom is -0.455 e. The van der Waals surface area contributed by atoms with Gasteiger partial charge < -0.3 is 9.64 Å². The lowest BCUT2D eigenvalue weighted by Gasteiger charge is -2.16. The van der Waals surface area contributed by atoms with Crippen LogP contribution in [0.1, 0.15) is 22.3 Å². The number of imide groups is 1. The van der Waals surface area contributed by atoms with Crippen LogP contribution < -0.4 is 10.2 Å². The zero-order valence-corrected chi connectivity index (χ0v) is 15.4. The topological polar surface area (TPSA) is 92.8 Å². The molecular weight excluding hydrogens is 360 g/mol. The van der Waals surface area contributed by atoms with Crippen LogP contribution in [-0.2, 0) is 19.1 Å². The summed E-state index contributed by atoms with van der Waals surface area (Å²) in [5.41, 5.74) is 2.12. The highest BCUT2D eigenvalue weighted by atomic mass is 16.5. The highest BCUT2D eigenvalue weighted by Crippen LogP contribution is 2.26. The van der Waals surface area contributed by atoms with Crippen LogP contribution in [0.3, 0.4) is 0 Å². The molecule has 1 heterocycles. The van der Waals surface area contributed by atoms with Crippen LogP contribution in [-0.4, -0.2) is 36.8 Å². The molecule has 3 rings (SSSR count). The molecule has 1 N–H and O–H groups in total. The number of carbonyl (C=O) groups excluding carboxylic acids is 4. The number of hydrogen-bond acceptors (Lipinski definition) is 5. The fourth-order valence-electron chi connectivity index (χ4n) is 2.92. The Morgan fingerprint density at radius 1 is 1.07 bits per heavy atom. The van der Waals surface area contributed by atoms with Crippen molar-refractivity contribution in [2.45, 2.75) is 13.3 Å². The zero-order chi connectivity index (χ0) is 20.1. The molecule has 2 aromatic carbocycles. The molecule has 7 nitrogen and oxygen atoms in total. The van der Waals surface area contributed by atoms with Crippen LogP contribution in [0, 0.1) is 12.8 Å². The summed E-state index contributed by atoms with van der Waals surface area (Å²) in [5.74, 6) is -2.74. The van der Waals surface area contributed by atoms with Crippen LogP contribution in [0.25, 0.3) is 0 Å². The number of benzene rings is 2. The van der Waals surface area contributed by atoms with Gasteiger partial charge in [0.15, 0.2) is 6.61 Å². The van der Waals surface area contributed by atoms with E-state index in [4.69, 9.17) is 4.74 Å². The first-order chi connectivity index (χ1) is 13.4. The fourth-order valence-corrected chi connectivity index (χ4v) is 2.92. The average Bonchev–Trinajstić information content (AvgIpc) is 3.09. The van der Waals surface area contributed by atoms with Crippen molar-refractivity contribution in [3.8, 4) is 0 Å². The maximum Gasteiger partial charge on any atom is 0.311 e. The normalized spacial score (nSPS) is 16.0. The molecule has 0 radical (unpaired) electrons. The maximum absolute atomic E-state index is 12.2. The van der Waals surface area contributed by atoms with Crippen LogP contribution in [0.15, 0.2) is 54.6 Å². The third-order valence-corrected chi connectivity index (χ3v) is 4.44. The molecule has 1 atom stereocenters. The predicted octanol–water partition coefficient (Wildman–Crippen LogP) is 1.85. The number of hydrogen-bond donors (Lipinski definition) is 1. The minimum atomic E-state index is -0.720. The average molecular weight is 380 g/mol. The number of anilines is 1. The molecule has 1 unspecified atom stereocenters. The van der Waals surface area contributed by atoms with Gasteiger partial charge in [0.25, 0.3) is 11.8 Å². The van der Waals surface area contributed by atoms with Crippen molar-refractivity contribution >= 4 is 29.4 Å². The third kappa shape index (κ3) is 4.62. The number of carbonyl (C=O) groups is 4. The number of amides is 3. The lowest BCUT2D eigenvalue weighted by atomic mass is 10.1. The smallest absolute Gasteiger partial charge is 0.311 e. The van der Waals surface area contributed by atoms with Crippen LogP contribution >= 0.6 is 0 Å². The molecule has 1 aliphatic rings. The Balaban J connectivity index is 1.50. The molecule has 1 saturated heterocycles. The number of nitrogens with one attached hydrogen (secondary N) is 1. The van der Waals surface area contributed by atoms with Gasteiger partial charge in [-0.05, 0) is 31.2 Å². The first kappa shape index (κ1) is 19.3. The van der Waals surface area contributed by atoms with Crippen molar-refractivity contribution < 1.29 is 23.9 Å². The Labute approximate surface area is 162 Å². The lowest BCUT2D eigenvalue weighted by Crippen LogP contribution is -2.35. The molecule has 0 aliphatic carbocycles. The molecule has 0 bridgehead atoms. The van der Waals surface area contributed by atoms with Crippen molar-refractivity contribution in [3.63, 3.8) is 0 Å². The summed E-state index contributed by atoms with van der Waals surface area (Å²) < 4.78 is 4.99. The number of ether oxygens (including phenoxy) is 1.